The highest BCUT2D eigenvalue weighted by atomic mass is 16.6. The summed E-state index contributed by atoms with van der Waals surface area (Å²) in [6, 6.07) is 8.19. The molecule has 23 heavy (non-hydrogen) atoms. The quantitative estimate of drug-likeness (QED) is 0.248. The van der Waals surface area contributed by atoms with E-state index >= 15 is 0 Å². The van der Waals surface area contributed by atoms with Crippen LogP contribution < -0.4 is 0 Å². The van der Waals surface area contributed by atoms with Crippen molar-refractivity contribution in [2.45, 2.75) is 12.3 Å². The van der Waals surface area contributed by atoms with Gasteiger partial charge in [-0.2, -0.15) is 0 Å². The van der Waals surface area contributed by atoms with Crippen molar-refractivity contribution in [1.82, 2.24) is 0 Å². The number of nitrogens with zero attached hydrogens (tertiary/aromatic N) is 1. The molecule has 7 heteroatoms. The minimum atomic E-state index is -1.98. The van der Waals surface area contributed by atoms with E-state index in [9.17, 15) is 19.7 Å². The van der Waals surface area contributed by atoms with Crippen molar-refractivity contribution in [3.05, 3.63) is 46.0 Å². The van der Waals surface area contributed by atoms with Crippen LogP contribution in [-0.4, -0.2) is 37.6 Å². The Hall–Kier alpha value is -2.88. The highest BCUT2D eigenvalue weighted by molar-refractivity contribution is 6.01. The number of carbonyl (C=O) groups is 2. The van der Waals surface area contributed by atoms with E-state index in [1.165, 1.54) is 0 Å². The Kier molecular flexibility index (Phi) is 6.27. The highest BCUT2D eigenvalue weighted by Gasteiger charge is 2.56. The Labute approximate surface area is 133 Å². The molecular formula is C16H17NO6. The molecule has 0 N–H and O–H groups in total. The third kappa shape index (κ3) is 3.66. The maximum atomic E-state index is 12.4. The van der Waals surface area contributed by atoms with Crippen molar-refractivity contribution in [2.75, 3.05) is 20.8 Å². The molecule has 122 valence electrons. The third-order valence-corrected chi connectivity index (χ3v) is 3.61. The van der Waals surface area contributed by atoms with Crippen molar-refractivity contribution >= 4 is 11.9 Å². The standard InChI is InChI=1S/C16H17NO6/c1-4-10-16(14(18)22-2,15(19)23-3)13(11-17(20)21)12-8-6-5-7-9-12/h1,5-9,13H,10-11H2,2-3H3. The number of hydrogen-bond donors (Lipinski definition) is 0. The minimum Gasteiger partial charge on any atom is -0.468 e. The molecule has 0 aliphatic rings. The first-order valence-corrected chi connectivity index (χ1v) is 6.71. The summed E-state index contributed by atoms with van der Waals surface area (Å²) >= 11 is 0. The molecule has 0 heterocycles. The lowest BCUT2D eigenvalue weighted by molar-refractivity contribution is -0.485. The number of nitro groups is 1. The lowest BCUT2D eigenvalue weighted by atomic mass is 9.69. The van der Waals surface area contributed by atoms with Crippen LogP contribution in [0, 0.1) is 27.9 Å². The normalized spacial score (nSPS) is 11.9. The smallest absolute Gasteiger partial charge is 0.325 e. The van der Waals surface area contributed by atoms with Crippen LogP contribution in [0.4, 0.5) is 0 Å². The second-order valence-corrected chi connectivity index (χ2v) is 4.81. The van der Waals surface area contributed by atoms with Gasteiger partial charge in [0.1, 0.15) is 0 Å². The summed E-state index contributed by atoms with van der Waals surface area (Å²) in [5, 5.41) is 11.1. The fourth-order valence-electron chi connectivity index (χ4n) is 2.54. The molecule has 1 aromatic rings. The van der Waals surface area contributed by atoms with E-state index in [0.717, 1.165) is 14.2 Å². The lowest BCUT2D eigenvalue weighted by Crippen LogP contribution is -2.48. The summed E-state index contributed by atoms with van der Waals surface area (Å²) in [6.07, 6.45) is 4.94. The molecule has 0 bridgehead atoms. The van der Waals surface area contributed by atoms with Gasteiger partial charge in [0.05, 0.1) is 20.1 Å². The van der Waals surface area contributed by atoms with Gasteiger partial charge in [-0.3, -0.25) is 19.7 Å². The number of esters is 2. The van der Waals surface area contributed by atoms with Gasteiger partial charge in [-0.05, 0) is 5.56 Å². The van der Waals surface area contributed by atoms with Crippen LogP contribution in [0.15, 0.2) is 30.3 Å². The zero-order chi connectivity index (χ0) is 17.5. The molecule has 0 fully saturated rings. The number of methoxy groups -OCH3 is 2. The number of rotatable bonds is 7. The summed E-state index contributed by atoms with van der Waals surface area (Å²) < 4.78 is 9.43. The fraction of sp³-hybridized carbons (Fsp3) is 0.375. The minimum absolute atomic E-state index is 0.375. The largest absolute Gasteiger partial charge is 0.468 e. The molecule has 0 saturated heterocycles. The van der Waals surface area contributed by atoms with Crippen LogP contribution in [0.1, 0.15) is 17.9 Å². The molecule has 7 nitrogen and oxygen atoms in total. The van der Waals surface area contributed by atoms with Crippen molar-refractivity contribution in [1.29, 1.82) is 0 Å². The topological polar surface area (TPSA) is 95.7 Å². The van der Waals surface area contributed by atoms with Gasteiger partial charge >= 0.3 is 11.9 Å². The van der Waals surface area contributed by atoms with E-state index < -0.39 is 34.7 Å². The first-order chi connectivity index (χ1) is 10.9. The molecule has 0 aliphatic heterocycles. The second-order valence-electron chi connectivity index (χ2n) is 4.81. The SMILES string of the molecule is C#CCC(C(=O)OC)(C(=O)OC)C(C[N+](=O)[O-])c1ccccc1. The fourth-order valence-corrected chi connectivity index (χ4v) is 2.54. The number of hydrogen-bond acceptors (Lipinski definition) is 6. The van der Waals surface area contributed by atoms with E-state index in [1.807, 2.05) is 0 Å². The molecule has 0 spiro atoms. The summed E-state index contributed by atoms with van der Waals surface area (Å²) in [6.45, 7) is -0.671. The number of benzene rings is 1. The van der Waals surface area contributed by atoms with Crippen molar-refractivity contribution in [3.8, 4) is 12.3 Å². The van der Waals surface area contributed by atoms with Gasteiger partial charge in [-0.25, -0.2) is 0 Å². The van der Waals surface area contributed by atoms with Gasteiger partial charge < -0.3 is 9.47 Å². The Bertz CT molecular complexity index is 603. The van der Waals surface area contributed by atoms with E-state index in [0.29, 0.717) is 5.56 Å². The average Bonchev–Trinajstić information content (AvgIpc) is 2.57. The predicted molar refractivity (Wildman–Crippen MR) is 81.0 cm³/mol. The van der Waals surface area contributed by atoms with E-state index in [1.54, 1.807) is 30.3 Å². The monoisotopic (exact) mass is 319 g/mol. The Morgan fingerprint density at radius 2 is 1.78 bits per heavy atom. The van der Waals surface area contributed by atoms with Crippen molar-refractivity contribution < 1.29 is 24.0 Å². The second kappa shape index (κ2) is 7.94. The molecule has 1 unspecified atom stereocenters. The Morgan fingerprint density at radius 3 is 2.17 bits per heavy atom. The van der Waals surface area contributed by atoms with E-state index in [4.69, 9.17) is 15.9 Å². The van der Waals surface area contributed by atoms with Gasteiger partial charge in [-0.15, -0.1) is 12.3 Å². The molecule has 0 aromatic heterocycles. The first-order valence-electron chi connectivity index (χ1n) is 6.71. The van der Waals surface area contributed by atoms with Crippen LogP contribution in [0.3, 0.4) is 0 Å². The van der Waals surface area contributed by atoms with Gasteiger partial charge in [0.15, 0.2) is 5.41 Å². The van der Waals surface area contributed by atoms with Crippen LogP contribution in [0.25, 0.3) is 0 Å². The molecular weight excluding hydrogens is 302 g/mol. The maximum absolute atomic E-state index is 12.4. The van der Waals surface area contributed by atoms with Gasteiger partial charge in [0, 0.05) is 11.3 Å². The zero-order valence-electron chi connectivity index (χ0n) is 12.9. The summed E-state index contributed by atoms with van der Waals surface area (Å²) in [4.78, 5) is 35.3. The van der Waals surface area contributed by atoms with E-state index in [2.05, 4.69) is 5.92 Å². The maximum Gasteiger partial charge on any atom is 0.325 e. The molecule has 1 atom stereocenters. The van der Waals surface area contributed by atoms with Gasteiger partial charge in [0.25, 0.3) is 0 Å². The van der Waals surface area contributed by atoms with Crippen LogP contribution in [0.2, 0.25) is 0 Å². The molecule has 0 radical (unpaired) electrons. The van der Waals surface area contributed by atoms with E-state index in [-0.39, 0.29) is 6.42 Å². The van der Waals surface area contributed by atoms with Crippen molar-refractivity contribution in [3.63, 3.8) is 0 Å². The molecule has 1 rings (SSSR count). The van der Waals surface area contributed by atoms with Crippen LogP contribution >= 0.6 is 0 Å². The summed E-state index contributed by atoms with van der Waals surface area (Å²) in [5.41, 5.74) is -1.55. The Balaban J connectivity index is 3.60. The molecule has 0 amide bonds. The summed E-state index contributed by atoms with van der Waals surface area (Å²) in [7, 11) is 2.18. The highest BCUT2D eigenvalue weighted by Crippen LogP contribution is 2.41. The number of carbonyl (C=O) groups excluding carboxylic acids is 2. The molecule has 0 saturated carbocycles. The number of terminal acetylenes is 1. The average molecular weight is 319 g/mol. The molecule has 0 aliphatic carbocycles. The van der Waals surface area contributed by atoms with Crippen LogP contribution in [0.5, 0.6) is 0 Å². The predicted octanol–water partition coefficient (Wildman–Crippen LogP) is 1.40. The Morgan fingerprint density at radius 1 is 1.26 bits per heavy atom. The molecule has 1 aromatic carbocycles. The first kappa shape index (κ1) is 18.2. The summed E-state index contributed by atoms with van der Waals surface area (Å²) in [5.74, 6) is -0.798. The van der Waals surface area contributed by atoms with Gasteiger partial charge in [-0.1, -0.05) is 30.3 Å². The zero-order valence-corrected chi connectivity index (χ0v) is 12.9. The number of ether oxygens (including phenoxy) is 2. The van der Waals surface area contributed by atoms with Crippen molar-refractivity contribution in [2.24, 2.45) is 5.41 Å². The third-order valence-electron chi connectivity index (χ3n) is 3.61. The van der Waals surface area contributed by atoms with Crippen LogP contribution in [-0.2, 0) is 19.1 Å². The lowest BCUT2D eigenvalue weighted by Gasteiger charge is -2.32. The van der Waals surface area contributed by atoms with Gasteiger partial charge in [0.2, 0.25) is 6.54 Å².